The molecule has 1 atom stereocenters. The van der Waals surface area contributed by atoms with Gasteiger partial charge in [0.15, 0.2) is 11.6 Å². The van der Waals surface area contributed by atoms with Crippen molar-refractivity contribution in [2.75, 3.05) is 12.4 Å². The van der Waals surface area contributed by atoms with E-state index >= 15 is 0 Å². The van der Waals surface area contributed by atoms with Crippen LogP contribution in [-0.2, 0) is 19.5 Å². The van der Waals surface area contributed by atoms with E-state index in [1.165, 1.54) is 12.1 Å². The number of hydrogen-bond donors (Lipinski definition) is 5. The number of rotatable bonds is 6. The predicted octanol–water partition coefficient (Wildman–Crippen LogP) is 3.04. The van der Waals surface area contributed by atoms with E-state index in [0.717, 1.165) is 22.4 Å². The van der Waals surface area contributed by atoms with Gasteiger partial charge in [0.05, 0.1) is 23.3 Å². The first-order valence-electron chi connectivity index (χ1n) is 13.3. The molecule has 41 heavy (non-hydrogen) atoms. The maximum Gasteiger partial charge on any atom is 0.488 e. The number of anilines is 1. The van der Waals surface area contributed by atoms with E-state index in [-0.39, 0.29) is 5.71 Å². The Morgan fingerprint density at radius 2 is 1.95 bits per heavy atom. The Balaban J connectivity index is 1.61. The lowest BCUT2D eigenvalue weighted by Crippen LogP contribution is -2.29. The standard InChI is InChI=1S/C29H31BFN7O3/c1-4-38-28-19(16-36-38)11-25(37-33-3)27(32)23-10-9-22(31)13-24(23)17(2)41-26-12-20(28)15-35-29(26)34-14-18-5-7-21(8-6-18)30(39)40/h5-10,12-13,15-17,32-33,39-40H,4,11,14H2,1-3H3,(H,34,35)/b32-27?,37-25-. The lowest BCUT2D eigenvalue weighted by atomic mass is 9.80. The molecule has 210 valence electrons. The smallest absolute Gasteiger partial charge is 0.482 e. The van der Waals surface area contributed by atoms with Gasteiger partial charge in [-0.25, -0.2) is 9.37 Å². The molecule has 0 spiro atoms. The molecule has 2 bridgehead atoms. The number of aryl methyl sites for hydroxylation is 1. The molecule has 10 nitrogen and oxygen atoms in total. The highest BCUT2D eigenvalue weighted by atomic mass is 19.1. The molecule has 4 aromatic rings. The van der Waals surface area contributed by atoms with Crippen molar-refractivity contribution >= 4 is 29.8 Å². The Morgan fingerprint density at radius 1 is 1.17 bits per heavy atom. The molecule has 12 heteroatoms. The van der Waals surface area contributed by atoms with Gasteiger partial charge in [0, 0.05) is 55.0 Å². The zero-order valence-corrected chi connectivity index (χ0v) is 23.0. The Labute approximate surface area is 237 Å². The second-order valence-electron chi connectivity index (χ2n) is 9.70. The summed E-state index contributed by atoms with van der Waals surface area (Å²) >= 11 is 0. The van der Waals surface area contributed by atoms with E-state index in [1.54, 1.807) is 49.8 Å². The zero-order chi connectivity index (χ0) is 29.1. The number of fused-ring (bicyclic) bond motifs is 5. The normalized spacial score (nSPS) is 15.7. The van der Waals surface area contributed by atoms with Crippen molar-refractivity contribution in [1.29, 1.82) is 5.41 Å². The van der Waals surface area contributed by atoms with Crippen LogP contribution in [0.3, 0.4) is 0 Å². The van der Waals surface area contributed by atoms with Crippen LogP contribution in [0.1, 0.15) is 42.2 Å². The summed E-state index contributed by atoms with van der Waals surface area (Å²) in [5.41, 5.74) is 8.27. The van der Waals surface area contributed by atoms with Crippen LogP contribution in [-0.4, -0.2) is 50.4 Å². The van der Waals surface area contributed by atoms with Gasteiger partial charge in [-0.15, -0.1) is 0 Å². The van der Waals surface area contributed by atoms with Crippen molar-refractivity contribution in [2.24, 2.45) is 5.10 Å². The molecule has 2 aromatic carbocycles. The Morgan fingerprint density at radius 3 is 2.66 bits per heavy atom. The first kappa shape index (κ1) is 28.0. The first-order chi connectivity index (χ1) is 19.8. The fourth-order valence-electron chi connectivity index (χ4n) is 4.92. The Bertz CT molecular complexity index is 1600. The van der Waals surface area contributed by atoms with Gasteiger partial charge in [-0.3, -0.25) is 10.1 Å². The van der Waals surface area contributed by atoms with Gasteiger partial charge >= 0.3 is 7.12 Å². The predicted molar refractivity (Wildman–Crippen MR) is 157 cm³/mol. The van der Waals surface area contributed by atoms with Crippen molar-refractivity contribution < 1.29 is 19.2 Å². The highest BCUT2D eigenvalue weighted by molar-refractivity contribution is 6.58. The second kappa shape index (κ2) is 11.9. The summed E-state index contributed by atoms with van der Waals surface area (Å²) in [7, 11) is 0.145. The molecule has 0 aliphatic carbocycles. The van der Waals surface area contributed by atoms with E-state index in [4.69, 9.17) is 15.1 Å². The number of hydrogen-bond acceptors (Lipinski definition) is 9. The van der Waals surface area contributed by atoms with Crippen molar-refractivity contribution in [1.82, 2.24) is 20.2 Å². The van der Waals surface area contributed by atoms with E-state index < -0.39 is 19.0 Å². The number of pyridine rings is 1. The molecule has 1 unspecified atom stereocenters. The minimum absolute atomic E-state index is 0.164. The molecule has 0 fully saturated rings. The van der Waals surface area contributed by atoms with Crippen molar-refractivity contribution in [3.05, 3.63) is 89.0 Å². The molecular formula is C29H31BFN7O3. The van der Waals surface area contributed by atoms with E-state index in [1.807, 2.05) is 24.6 Å². The first-order valence-corrected chi connectivity index (χ1v) is 13.3. The number of aromatic nitrogens is 3. The van der Waals surface area contributed by atoms with Gasteiger partial charge in [-0.2, -0.15) is 10.2 Å². The molecule has 1 aliphatic heterocycles. The fraction of sp³-hybridized carbons (Fsp3) is 0.241. The number of benzene rings is 2. The van der Waals surface area contributed by atoms with Crippen LogP contribution in [0.5, 0.6) is 5.75 Å². The summed E-state index contributed by atoms with van der Waals surface area (Å²) in [6.07, 6.45) is 3.22. The number of ether oxygens (including phenoxy) is 1. The SMILES string of the molecule is CCn1ncc2c1-c1cnc(NCc3ccc(B(O)O)cc3)c(c1)OC(C)c1cc(F)ccc1C(=N)/C(=N\NC)C2. The fourth-order valence-corrected chi connectivity index (χ4v) is 4.92. The maximum atomic E-state index is 14.5. The maximum absolute atomic E-state index is 14.5. The summed E-state index contributed by atoms with van der Waals surface area (Å²) < 4.78 is 22.8. The molecule has 3 heterocycles. The molecule has 5 N–H and O–H groups in total. The molecule has 2 aromatic heterocycles. The van der Waals surface area contributed by atoms with E-state index in [0.29, 0.717) is 53.4 Å². The van der Waals surface area contributed by atoms with Gasteiger partial charge < -0.3 is 25.5 Å². The van der Waals surface area contributed by atoms with Crippen LogP contribution in [0.15, 0.2) is 66.0 Å². The van der Waals surface area contributed by atoms with Gasteiger partial charge in [0.2, 0.25) is 0 Å². The largest absolute Gasteiger partial charge is 0.488 e. The second-order valence-corrected chi connectivity index (χ2v) is 9.70. The molecule has 0 amide bonds. The number of nitrogens with one attached hydrogen (secondary N) is 3. The molecule has 0 saturated heterocycles. The third kappa shape index (κ3) is 5.84. The van der Waals surface area contributed by atoms with Crippen molar-refractivity contribution in [3.8, 4) is 17.0 Å². The third-order valence-electron chi connectivity index (χ3n) is 7.00. The van der Waals surface area contributed by atoms with Crippen LogP contribution in [0.4, 0.5) is 10.2 Å². The Kier molecular flexibility index (Phi) is 8.13. The summed E-state index contributed by atoms with van der Waals surface area (Å²) in [6.45, 7) is 4.83. The van der Waals surface area contributed by atoms with Crippen LogP contribution < -0.4 is 20.9 Å². The van der Waals surface area contributed by atoms with Gasteiger partial charge in [-0.1, -0.05) is 24.3 Å². The Hall–Kier alpha value is -4.55. The molecule has 1 aliphatic rings. The lowest BCUT2D eigenvalue weighted by Gasteiger charge is -2.23. The quantitative estimate of drug-likeness (QED) is 0.182. The van der Waals surface area contributed by atoms with Crippen LogP contribution in [0, 0.1) is 11.2 Å². The highest BCUT2D eigenvalue weighted by Crippen LogP contribution is 2.36. The van der Waals surface area contributed by atoms with Gasteiger partial charge in [0.25, 0.3) is 0 Å². The summed E-state index contributed by atoms with van der Waals surface area (Å²) in [6, 6.07) is 13.1. The summed E-state index contributed by atoms with van der Waals surface area (Å²) in [5.74, 6) is 0.511. The minimum Gasteiger partial charge on any atom is -0.482 e. The minimum atomic E-state index is -1.53. The van der Waals surface area contributed by atoms with E-state index in [2.05, 4.69) is 20.9 Å². The summed E-state index contributed by atoms with van der Waals surface area (Å²) in [4.78, 5) is 4.71. The van der Waals surface area contributed by atoms with Crippen LogP contribution >= 0.6 is 0 Å². The number of hydrazone groups is 1. The van der Waals surface area contributed by atoms with Gasteiger partial charge in [0.1, 0.15) is 11.9 Å². The zero-order valence-electron chi connectivity index (χ0n) is 23.0. The average Bonchev–Trinajstić information content (AvgIpc) is 3.38. The number of halogens is 1. The van der Waals surface area contributed by atoms with Crippen LogP contribution in [0.2, 0.25) is 0 Å². The lowest BCUT2D eigenvalue weighted by molar-refractivity contribution is 0.226. The van der Waals surface area contributed by atoms with Crippen molar-refractivity contribution in [3.63, 3.8) is 0 Å². The third-order valence-corrected chi connectivity index (χ3v) is 7.00. The average molecular weight is 555 g/mol. The molecule has 0 radical (unpaired) electrons. The topological polar surface area (TPSA) is 141 Å². The monoisotopic (exact) mass is 555 g/mol. The number of nitrogens with zero attached hydrogens (tertiary/aromatic N) is 4. The summed E-state index contributed by atoms with van der Waals surface area (Å²) in [5, 5.41) is 40.1. The van der Waals surface area contributed by atoms with Gasteiger partial charge in [-0.05, 0) is 49.1 Å². The van der Waals surface area contributed by atoms with Crippen molar-refractivity contribution in [2.45, 2.75) is 39.5 Å². The van der Waals surface area contributed by atoms with E-state index in [9.17, 15) is 14.4 Å². The molecule has 5 rings (SSSR count). The molecule has 0 saturated carbocycles. The highest BCUT2D eigenvalue weighted by Gasteiger charge is 2.25. The van der Waals surface area contributed by atoms with Crippen LogP contribution in [0.25, 0.3) is 11.3 Å². The molecular weight excluding hydrogens is 524 g/mol.